The molecule has 3 N–H and O–H groups in total. The molecule has 5 rings (SSSR count). The van der Waals surface area contributed by atoms with Gasteiger partial charge in [0.25, 0.3) is 0 Å². The number of aromatic nitrogens is 3. The van der Waals surface area contributed by atoms with Gasteiger partial charge in [0.05, 0.1) is 17.8 Å². The van der Waals surface area contributed by atoms with Gasteiger partial charge in [-0.15, -0.1) is 0 Å². The molecule has 176 valence electrons. The molecular formula is C26H35N5O2. The number of likely N-dealkylation sites (tertiary alicyclic amines) is 1. The molecule has 33 heavy (non-hydrogen) atoms. The number of nitrogens with zero attached hydrogens (tertiary/aromatic N) is 3. The zero-order valence-electron chi connectivity index (χ0n) is 20.1. The van der Waals surface area contributed by atoms with Crippen molar-refractivity contribution in [1.82, 2.24) is 20.1 Å². The van der Waals surface area contributed by atoms with E-state index < -0.39 is 0 Å². The van der Waals surface area contributed by atoms with Crippen molar-refractivity contribution in [3.8, 4) is 11.4 Å². The number of piperidine rings is 1. The van der Waals surface area contributed by atoms with E-state index in [1.165, 1.54) is 11.3 Å². The molecule has 3 heterocycles. The number of anilines is 1. The van der Waals surface area contributed by atoms with Crippen molar-refractivity contribution < 1.29 is 9.90 Å². The topological polar surface area (TPSA) is 88.2 Å². The maximum atomic E-state index is 13.2. The Balaban J connectivity index is 1.38. The number of carbonyl (C=O) groups excluding carboxylic acids is 1. The van der Waals surface area contributed by atoms with Crippen molar-refractivity contribution in [3.05, 3.63) is 35.5 Å². The SMILES string of the molecule is CC(C(=O)N(C)c1ccc2cc(-c3n[nH]c4c3CCC(C)(C)C4)[nH]c2c1)N1CCC[C@H](O)C1. The third-order valence-corrected chi connectivity index (χ3v) is 7.57. The number of H-pyrrole nitrogens is 2. The minimum Gasteiger partial charge on any atom is -0.392 e. The summed E-state index contributed by atoms with van der Waals surface area (Å²) in [5.74, 6) is 0.0409. The summed E-state index contributed by atoms with van der Waals surface area (Å²) in [4.78, 5) is 20.5. The first kappa shape index (κ1) is 22.2. The molecule has 1 fully saturated rings. The van der Waals surface area contributed by atoms with Crippen LogP contribution in [0.4, 0.5) is 5.69 Å². The predicted molar refractivity (Wildman–Crippen MR) is 131 cm³/mol. The van der Waals surface area contributed by atoms with Crippen LogP contribution in [-0.4, -0.2) is 63.4 Å². The third-order valence-electron chi connectivity index (χ3n) is 7.57. The van der Waals surface area contributed by atoms with E-state index in [0.717, 1.165) is 66.6 Å². The molecule has 0 radical (unpaired) electrons. The number of nitrogens with one attached hydrogen (secondary N) is 2. The number of aliphatic hydroxyl groups is 1. The molecule has 1 aliphatic heterocycles. The van der Waals surface area contributed by atoms with Gasteiger partial charge in [0.1, 0.15) is 5.69 Å². The van der Waals surface area contributed by atoms with E-state index >= 15 is 0 Å². The fraction of sp³-hybridized carbons (Fsp3) is 0.538. The van der Waals surface area contributed by atoms with Gasteiger partial charge >= 0.3 is 0 Å². The average molecular weight is 450 g/mol. The lowest BCUT2D eigenvalue weighted by Gasteiger charge is -2.35. The Morgan fingerprint density at radius 3 is 2.94 bits per heavy atom. The molecule has 2 atom stereocenters. The van der Waals surface area contributed by atoms with E-state index in [2.05, 4.69) is 46.1 Å². The molecule has 3 aromatic rings. The summed E-state index contributed by atoms with van der Waals surface area (Å²) in [6, 6.07) is 7.98. The smallest absolute Gasteiger partial charge is 0.243 e. The number of amides is 1. The Morgan fingerprint density at radius 2 is 2.15 bits per heavy atom. The highest BCUT2D eigenvalue weighted by Gasteiger charge is 2.30. The van der Waals surface area contributed by atoms with Gasteiger partial charge in [0.2, 0.25) is 5.91 Å². The summed E-state index contributed by atoms with van der Waals surface area (Å²) in [7, 11) is 1.83. The lowest BCUT2D eigenvalue weighted by atomic mass is 9.76. The van der Waals surface area contributed by atoms with Crippen LogP contribution in [0.25, 0.3) is 22.3 Å². The molecule has 2 aromatic heterocycles. The normalized spacial score (nSPS) is 21.7. The van der Waals surface area contributed by atoms with Gasteiger partial charge in [-0.1, -0.05) is 19.9 Å². The van der Waals surface area contributed by atoms with Crippen molar-refractivity contribution in [2.45, 2.75) is 65.0 Å². The lowest BCUT2D eigenvalue weighted by Crippen LogP contribution is -2.50. The number of likely N-dealkylation sites (N-methyl/N-ethyl adjacent to an activating group) is 1. The van der Waals surface area contributed by atoms with Gasteiger partial charge in [-0.05, 0) is 69.2 Å². The second-order valence-corrected chi connectivity index (χ2v) is 10.7. The molecule has 1 aliphatic carbocycles. The summed E-state index contributed by atoms with van der Waals surface area (Å²) in [6.07, 6.45) is 4.63. The highest BCUT2D eigenvalue weighted by Crippen LogP contribution is 2.38. The first-order chi connectivity index (χ1) is 15.7. The molecule has 1 amide bonds. The van der Waals surface area contributed by atoms with Crippen molar-refractivity contribution in [2.75, 3.05) is 25.0 Å². The molecule has 2 aliphatic rings. The number of rotatable bonds is 4. The van der Waals surface area contributed by atoms with Gasteiger partial charge in [0, 0.05) is 41.4 Å². The number of hydrogen-bond donors (Lipinski definition) is 3. The van der Waals surface area contributed by atoms with Gasteiger partial charge in [-0.3, -0.25) is 14.8 Å². The maximum Gasteiger partial charge on any atom is 0.243 e. The van der Waals surface area contributed by atoms with Crippen LogP contribution in [0.5, 0.6) is 0 Å². The van der Waals surface area contributed by atoms with E-state index in [4.69, 9.17) is 0 Å². The molecule has 0 bridgehead atoms. The highest BCUT2D eigenvalue weighted by molar-refractivity contribution is 5.98. The number of β-amino-alcohol motifs (C(OH)–C–C–N with tert-alkyl or cyclic N) is 1. The van der Waals surface area contributed by atoms with Crippen molar-refractivity contribution in [3.63, 3.8) is 0 Å². The van der Waals surface area contributed by atoms with E-state index in [1.54, 1.807) is 4.90 Å². The first-order valence-corrected chi connectivity index (χ1v) is 12.1. The molecule has 0 spiro atoms. The third kappa shape index (κ3) is 4.20. The van der Waals surface area contributed by atoms with Crippen LogP contribution in [0.3, 0.4) is 0 Å². The summed E-state index contributed by atoms with van der Waals surface area (Å²) in [5.41, 5.74) is 6.78. The minimum absolute atomic E-state index is 0.0409. The van der Waals surface area contributed by atoms with Crippen LogP contribution in [0.15, 0.2) is 24.3 Å². The Bertz CT molecular complexity index is 1180. The van der Waals surface area contributed by atoms with Crippen LogP contribution in [0.2, 0.25) is 0 Å². The molecule has 7 nitrogen and oxygen atoms in total. The second-order valence-electron chi connectivity index (χ2n) is 10.7. The summed E-state index contributed by atoms with van der Waals surface area (Å²) in [5, 5.41) is 19.0. The Morgan fingerprint density at radius 1 is 1.33 bits per heavy atom. The quantitative estimate of drug-likeness (QED) is 0.564. The maximum absolute atomic E-state index is 13.2. The number of aliphatic hydroxyl groups excluding tert-OH is 1. The molecular weight excluding hydrogens is 414 g/mol. The van der Waals surface area contributed by atoms with Crippen molar-refractivity contribution >= 4 is 22.5 Å². The van der Waals surface area contributed by atoms with Crippen LogP contribution in [0.1, 0.15) is 51.3 Å². The first-order valence-electron chi connectivity index (χ1n) is 12.1. The fourth-order valence-electron chi connectivity index (χ4n) is 5.42. The summed E-state index contributed by atoms with van der Waals surface area (Å²) < 4.78 is 0. The largest absolute Gasteiger partial charge is 0.392 e. The Kier molecular flexibility index (Phi) is 5.57. The highest BCUT2D eigenvalue weighted by atomic mass is 16.3. The Labute approximate surface area is 195 Å². The van der Waals surface area contributed by atoms with E-state index in [-0.39, 0.29) is 18.1 Å². The molecule has 1 aromatic carbocycles. The molecule has 1 saturated heterocycles. The van der Waals surface area contributed by atoms with Gasteiger partial charge in [0.15, 0.2) is 0 Å². The number of carbonyl (C=O) groups is 1. The van der Waals surface area contributed by atoms with E-state index in [1.807, 2.05) is 26.1 Å². The second kappa shape index (κ2) is 8.29. The molecule has 7 heteroatoms. The minimum atomic E-state index is -0.341. The molecule has 1 unspecified atom stereocenters. The average Bonchev–Trinajstić information content (AvgIpc) is 3.39. The Hall–Kier alpha value is -2.64. The molecule has 0 saturated carbocycles. The van der Waals surface area contributed by atoms with Gasteiger partial charge < -0.3 is 15.0 Å². The summed E-state index contributed by atoms with van der Waals surface area (Å²) >= 11 is 0. The van der Waals surface area contributed by atoms with Crippen LogP contribution < -0.4 is 4.90 Å². The van der Waals surface area contributed by atoms with Gasteiger partial charge in [-0.2, -0.15) is 5.10 Å². The monoisotopic (exact) mass is 449 g/mol. The van der Waals surface area contributed by atoms with Crippen LogP contribution in [0, 0.1) is 5.41 Å². The zero-order valence-corrected chi connectivity index (χ0v) is 20.1. The van der Waals surface area contributed by atoms with Gasteiger partial charge in [-0.25, -0.2) is 0 Å². The van der Waals surface area contributed by atoms with E-state index in [9.17, 15) is 9.90 Å². The number of hydrogen-bond acceptors (Lipinski definition) is 4. The van der Waals surface area contributed by atoms with Crippen LogP contribution >= 0.6 is 0 Å². The lowest BCUT2D eigenvalue weighted by molar-refractivity contribution is -0.124. The fourth-order valence-corrected chi connectivity index (χ4v) is 5.42. The van der Waals surface area contributed by atoms with Crippen molar-refractivity contribution in [2.24, 2.45) is 5.41 Å². The number of fused-ring (bicyclic) bond motifs is 2. The summed E-state index contributed by atoms with van der Waals surface area (Å²) in [6.45, 7) is 7.97. The van der Waals surface area contributed by atoms with E-state index in [0.29, 0.717) is 12.0 Å². The predicted octanol–water partition coefficient (Wildman–Crippen LogP) is 3.88. The van der Waals surface area contributed by atoms with Crippen molar-refractivity contribution in [1.29, 1.82) is 0 Å². The standard InChI is InChI=1S/C26H35N5O2/c1-16(31-11-5-6-19(32)15-31)25(33)30(4)18-8-7-17-12-22(27-21(17)13-18)24-20-9-10-26(2,3)14-23(20)28-29-24/h7-8,12-13,16,19,27,32H,5-6,9-11,14-15H2,1-4H3,(H,28,29)/t16?,19-/m0/s1. The van der Waals surface area contributed by atoms with Crippen LogP contribution in [-0.2, 0) is 17.6 Å². The number of aromatic amines is 2. The number of benzene rings is 1. The zero-order chi connectivity index (χ0) is 23.3.